The summed E-state index contributed by atoms with van der Waals surface area (Å²) in [6.07, 6.45) is 3.79. The lowest BCUT2D eigenvalue weighted by atomic mass is 9.89. The minimum Gasteiger partial charge on any atom is -0.490 e. The van der Waals surface area contributed by atoms with Crippen LogP contribution in [0.5, 0.6) is 5.75 Å². The van der Waals surface area contributed by atoms with Crippen molar-refractivity contribution in [3.05, 3.63) is 29.8 Å². The fraction of sp³-hybridized carbons (Fsp3) is 0.571. The van der Waals surface area contributed by atoms with Gasteiger partial charge >= 0.3 is 0 Å². The Morgan fingerprint density at radius 3 is 2.44 bits per heavy atom. The van der Waals surface area contributed by atoms with Gasteiger partial charge in [-0.2, -0.15) is 0 Å². The Labute approximate surface area is 98.0 Å². The molecule has 0 bridgehead atoms. The van der Waals surface area contributed by atoms with E-state index >= 15 is 0 Å². The summed E-state index contributed by atoms with van der Waals surface area (Å²) in [5, 5.41) is 3.44. The monoisotopic (exact) mass is 219 g/mol. The third kappa shape index (κ3) is 2.76. The molecule has 1 aromatic carbocycles. The molecule has 1 aromatic rings. The van der Waals surface area contributed by atoms with Gasteiger partial charge in [-0.3, -0.25) is 0 Å². The SMILES string of the molecule is CCN[C@H]1C[C@H](Oc2ccc(CC)cc2)C1. The van der Waals surface area contributed by atoms with Crippen LogP contribution in [0.4, 0.5) is 0 Å². The first kappa shape index (κ1) is 11.5. The molecule has 2 heteroatoms. The number of ether oxygens (including phenoxy) is 1. The summed E-state index contributed by atoms with van der Waals surface area (Å²) in [4.78, 5) is 0. The molecule has 0 amide bonds. The van der Waals surface area contributed by atoms with Crippen molar-refractivity contribution in [1.82, 2.24) is 5.32 Å². The summed E-state index contributed by atoms with van der Waals surface area (Å²) in [6.45, 7) is 5.38. The minimum atomic E-state index is 0.413. The van der Waals surface area contributed by atoms with Gasteiger partial charge in [0.15, 0.2) is 0 Å². The minimum absolute atomic E-state index is 0.413. The molecule has 1 saturated carbocycles. The van der Waals surface area contributed by atoms with E-state index in [2.05, 4.69) is 43.4 Å². The summed E-state index contributed by atoms with van der Waals surface area (Å²) in [7, 11) is 0. The molecule has 0 spiro atoms. The van der Waals surface area contributed by atoms with E-state index in [1.54, 1.807) is 0 Å². The summed E-state index contributed by atoms with van der Waals surface area (Å²) < 4.78 is 5.89. The Hall–Kier alpha value is -1.02. The molecule has 1 fully saturated rings. The second-order valence-electron chi connectivity index (χ2n) is 4.46. The Kier molecular flexibility index (Phi) is 3.83. The second-order valence-corrected chi connectivity index (χ2v) is 4.46. The number of benzene rings is 1. The van der Waals surface area contributed by atoms with E-state index in [-0.39, 0.29) is 0 Å². The van der Waals surface area contributed by atoms with Gasteiger partial charge in [-0.05, 0) is 43.5 Å². The second kappa shape index (κ2) is 5.35. The normalized spacial score (nSPS) is 23.9. The van der Waals surface area contributed by atoms with Gasteiger partial charge in [0.2, 0.25) is 0 Å². The van der Waals surface area contributed by atoms with Crippen LogP contribution >= 0.6 is 0 Å². The van der Waals surface area contributed by atoms with Gasteiger partial charge < -0.3 is 10.1 Å². The molecule has 1 N–H and O–H groups in total. The van der Waals surface area contributed by atoms with Crippen LogP contribution in [0.1, 0.15) is 32.3 Å². The highest BCUT2D eigenvalue weighted by atomic mass is 16.5. The lowest BCUT2D eigenvalue weighted by Crippen LogP contribution is -2.46. The van der Waals surface area contributed by atoms with Gasteiger partial charge in [0.05, 0.1) is 0 Å². The Bertz CT molecular complexity index is 314. The van der Waals surface area contributed by atoms with E-state index in [0.29, 0.717) is 12.1 Å². The maximum absolute atomic E-state index is 5.89. The standard InChI is InChI=1S/C14H21NO/c1-3-11-5-7-13(8-6-11)16-14-9-12(10-14)15-4-2/h5-8,12,14-15H,3-4,9-10H2,1-2H3/t12-,14-. The molecule has 1 aliphatic rings. The lowest BCUT2D eigenvalue weighted by Gasteiger charge is -2.35. The summed E-state index contributed by atoms with van der Waals surface area (Å²) in [6, 6.07) is 9.13. The molecule has 0 atom stereocenters. The van der Waals surface area contributed by atoms with E-state index in [0.717, 1.165) is 31.6 Å². The average Bonchev–Trinajstić information content (AvgIpc) is 2.27. The zero-order valence-corrected chi connectivity index (χ0v) is 10.2. The van der Waals surface area contributed by atoms with Crippen LogP contribution in [0.2, 0.25) is 0 Å². The van der Waals surface area contributed by atoms with Crippen molar-refractivity contribution >= 4 is 0 Å². The predicted molar refractivity (Wildman–Crippen MR) is 66.9 cm³/mol. The molecule has 0 radical (unpaired) electrons. The largest absolute Gasteiger partial charge is 0.490 e. The van der Waals surface area contributed by atoms with Gasteiger partial charge in [-0.25, -0.2) is 0 Å². The molecule has 0 heterocycles. The molecule has 2 rings (SSSR count). The summed E-state index contributed by atoms with van der Waals surface area (Å²) >= 11 is 0. The molecular weight excluding hydrogens is 198 g/mol. The molecule has 2 nitrogen and oxygen atoms in total. The zero-order valence-electron chi connectivity index (χ0n) is 10.2. The van der Waals surface area contributed by atoms with E-state index in [1.807, 2.05) is 0 Å². The van der Waals surface area contributed by atoms with Crippen LogP contribution in [0, 0.1) is 0 Å². The van der Waals surface area contributed by atoms with Crippen molar-refractivity contribution in [1.29, 1.82) is 0 Å². The van der Waals surface area contributed by atoms with Gasteiger partial charge in [0.1, 0.15) is 11.9 Å². The van der Waals surface area contributed by atoms with Crippen LogP contribution < -0.4 is 10.1 Å². The number of hydrogen-bond donors (Lipinski definition) is 1. The first-order valence-electron chi connectivity index (χ1n) is 6.30. The van der Waals surface area contributed by atoms with Gasteiger partial charge in [-0.15, -0.1) is 0 Å². The fourth-order valence-electron chi connectivity index (χ4n) is 2.11. The molecule has 0 aliphatic heterocycles. The van der Waals surface area contributed by atoms with Gasteiger partial charge in [0, 0.05) is 6.04 Å². The van der Waals surface area contributed by atoms with Crippen molar-refractivity contribution in [2.75, 3.05) is 6.54 Å². The van der Waals surface area contributed by atoms with E-state index in [9.17, 15) is 0 Å². The number of aryl methyl sites for hydroxylation is 1. The topological polar surface area (TPSA) is 21.3 Å². The average molecular weight is 219 g/mol. The van der Waals surface area contributed by atoms with Crippen molar-refractivity contribution in [2.24, 2.45) is 0 Å². The maximum Gasteiger partial charge on any atom is 0.119 e. The lowest BCUT2D eigenvalue weighted by molar-refractivity contribution is 0.0859. The number of nitrogens with one attached hydrogen (secondary N) is 1. The first-order valence-corrected chi connectivity index (χ1v) is 6.30. The number of rotatable bonds is 5. The van der Waals surface area contributed by atoms with Crippen LogP contribution in [0.15, 0.2) is 24.3 Å². The predicted octanol–water partition coefficient (Wildman–Crippen LogP) is 2.77. The molecular formula is C14H21NO. The van der Waals surface area contributed by atoms with Crippen LogP contribution in [-0.4, -0.2) is 18.7 Å². The fourth-order valence-corrected chi connectivity index (χ4v) is 2.11. The summed E-state index contributed by atoms with van der Waals surface area (Å²) in [5.41, 5.74) is 1.37. The van der Waals surface area contributed by atoms with Crippen molar-refractivity contribution < 1.29 is 4.74 Å². The van der Waals surface area contributed by atoms with Gasteiger partial charge in [0.25, 0.3) is 0 Å². The number of hydrogen-bond acceptors (Lipinski definition) is 2. The Balaban J connectivity index is 1.78. The van der Waals surface area contributed by atoms with Crippen molar-refractivity contribution in [2.45, 2.75) is 45.3 Å². The molecule has 88 valence electrons. The third-order valence-corrected chi connectivity index (χ3v) is 3.22. The first-order chi connectivity index (χ1) is 7.81. The highest BCUT2D eigenvalue weighted by Crippen LogP contribution is 2.26. The molecule has 0 saturated heterocycles. The summed E-state index contributed by atoms with van der Waals surface area (Å²) in [5.74, 6) is 1.01. The maximum atomic E-state index is 5.89. The molecule has 16 heavy (non-hydrogen) atoms. The Morgan fingerprint density at radius 2 is 1.88 bits per heavy atom. The van der Waals surface area contributed by atoms with E-state index in [1.165, 1.54) is 5.56 Å². The van der Waals surface area contributed by atoms with Gasteiger partial charge in [-0.1, -0.05) is 26.0 Å². The quantitative estimate of drug-likeness (QED) is 0.822. The Morgan fingerprint density at radius 1 is 1.19 bits per heavy atom. The van der Waals surface area contributed by atoms with Crippen LogP contribution in [-0.2, 0) is 6.42 Å². The van der Waals surface area contributed by atoms with E-state index < -0.39 is 0 Å². The molecule has 1 aliphatic carbocycles. The van der Waals surface area contributed by atoms with Crippen LogP contribution in [0.3, 0.4) is 0 Å². The van der Waals surface area contributed by atoms with Crippen molar-refractivity contribution in [3.8, 4) is 5.75 Å². The highest BCUT2D eigenvalue weighted by Gasteiger charge is 2.29. The highest BCUT2D eigenvalue weighted by molar-refractivity contribution is 5.27. The van der Waals surface area contributed by atoms with E-state index in [4.69, 9.17) is 4.74 Å². The molecule has 0 unspecified atom stereocenters. The smallest absolute Gasteiger partial charge is 0.119 e. The van der Waals surface area contributed by atoms with Crippen LogP contribution in [0.25, 0.3) is 0 Å². The van der Waals surface area contributed by atoms with Crippen molar-refractivity contribution in [3.63, 3.8) is 0 Å². The third-order valence-electron chi connectivity index (χ3n) is 3.22. The molecule has 0 aromatic heterocycles. The zero-order chi connectivity index (χ0) is 11.4.